The molecule has 0 fully saturated rings. The van der Waals surface area contributed by atoms with Crippen LogP contribution in [-0.4, -0.2) is 17.3 Å². The number of nitro benzene ring substituents is 1. The highest BCUT2D eigenvalue weighted by Crippen LogP contribution is 2.23. The average molecular weight is 239 g/mol. The van der Waals surface area contributed by atoms with Crippen LogP contribution in [0.2, 0.25) is 0 Å². The summed E-state index contributed by atoms with van der Waals surface area (Å²) in [6.07, 6.45) is 0. The van der Waals surface area contributed by atoms with Crippen molar-refractivity contribution in [3.8, 4) is 5.75 Å². The molecule has 0 amide bonds. The van der Waals surface area contributed by atoms with E-state index in [9.17, 15) is 10.1 Å². The van der Waals surface area contributed by atoms with E-state index in [1.54, 1.807) is 19.1 Å². The smallest absolute Gasteiger partial charge is 0.272 e. The van der Waals surface area contributed by atoms with E-state index in [2.05, 4.69) is 19.2 Å². The van der Waals surface area contributed by atoms with Gasteiger partial charge in [-0.1, -0.05) is 6.58 Å². The summed E-state index contributed by atoms with van der Waals surface area (Å²) < 4.78 is 5.40. The van der Waals surface area contributed by atoms with Gasteiger partial charge in [0.05, 0.1) is 4.92 Å². The third-order valence-electron chi connectivity index (χ3n) is 2.03. The van der Waals surface area contributed by atoms with E-state index in [-0.39, 0.29) is 5.69 Å². The molecule has 0 radical (unpaired) electrons. The van der Waals surface area contributed by atoms with Crippen LogP contribution in [0.5, 0.6) is 5.75 Å². The number of benzene rings is 1. The molecular formula is C11H13NO3S. The number of hydrogen-bond donors (Lipinski definition) is 1. The van der Waals surface area contributed by atoms with Crippen molar-refractivity contribution in [1.29, 1.82) is 0 Å². The van der Waals surface area contributed by atoms with E-state index in [4.69, 9.17) is 4.74 Å². The van der Waals surface area contributed by atoms with Crippen molar-refractivity contribution in [2.75, 3.05) is 12.4 Å². The Labute approximate surface area is 99.5 Å². The second-order valence-corrected chi connectivity index (χ2v) is 3.72. The highest BCUT2D eigenvalue weighted by molar-refractivity contribution is 7.80. The van der Waals surface area contributed by atoms with Crippen molar-refractivity contribution in [3.05, 3.63) is 46.0 Å². The number of nitro groups is 1. The Balaban J connectivity index is 2.74. The first kappa shape index (κ1) is 12.6. The van der Waals surface area contributed by atoms with Gasteiger partial charge in [-0.25, -0.2) is 0 Å². The molecule has 0 N–H and O–H groups in total. The molecule has 0 saturated heterocycles. The fourth-order valence-electron chi connectivity index (χ4n) is 1.15. The largest absolute Gasteiger partial charge is 0.489 e. The molecular weight excluding hydrogens is 226 g/mol. The number of aryl methyl sites for hydroxylation is 1. The topological polar surface area (TPSA) is 52.4 Å². The van der Waals surface area contributed by atoms with Crippen LogP contribution in [0.1, 0.15) is 5.56 Å². The molecule has 1 aromatic carbocycles. The van der Waals surface area contributed by atoms with Crippen molar-refractivity contribution in [2.45, 2.75) is 6.92 Å². The van der Waals surface area contributed by atoms with Gasteiger partial charge in [-0.3, -0.25) is 10.1 Å². The van der Waals surface area contributed by atoms with Gasteiger partial charge in [0.2, 0.25) is 0 Å². The van der Waals surface area contributed by atoms with E-state index < -0.39 is 4.92 Å². The minimum Gasteiger partial charge on any atom is -0.489 e. The Morgan fingerprint density at radius 3 is 2.81 bits per heavy atom. The average Bonchev–Trinajstić information content (AvgIpc) is 2.25. The fourth-order valence-corrected chi connectivity index (χ4v) is 1.24. The van der Waals surface area contributed by atoms with E-state index in [1.165, 1.54) is 6.07 Å². The number of rotatable bonds is 5. The van der Waals surface area contributed by atoms with Crippen LogP contribution < -0.4 is 4.74 Å². The van der Waals surface area contributed by atoms with Gasteiger partial charge in [0.15, 0.2) is 0 Å². The highest BCUT2D eigenvalue weighted by Gasteiger charge is 2.10. The lowest BCUT2D eigenvalue weighted by Gasteiger charge is -2.07. The lowest BCUT2D eigenvalue weighted by Crippen LogP contribution is -2.01. The molecule has 0 aliphatic heterocycles. The Bertz CT molecular complexity index is 418. The SMILES string of the molecule is C=C(CS)COc1ccc([N+](=O)[O-])c(C)c1. The highest BCUT2D eigenvalue weighted by atomic mass is 32.1. The van der Waals surface area contributed by atoms with Gasteiger partial charge in [-0.2, -0.15) is 12.6 Å². The maximum absolute atomic E-state index is 10.6. The predicted octanol–water partition coefficient (Wildman–Crippen LogP) is 2.77. The van der Waals surface area contributed by atoms with Crippen molar-refractivity contribution in [2.24, 2.45) is 0 Å². The summed E-state index contributed by atoms with van der Waals surface area (Å²) in [6, 6.07) is 4.66. The number of thiol groups is 1. The van der Waals surface area contributed by atoms with Crippen LogP contribution in [-0.2, 0) is 0 Å². The fraction of sp³-hybridized carbons (Fsp3) is 0.273. The van der Waals surface area contributed by atoms with Crippen LogP contribution >= 0.6 is 12.6 Å². The van der Waals surface area contributed by atoms with Crippen LogP contribution in [0.25, 0.3) is 0 Å². The molecule has 16 heavy (non-hydrogen) atoms. The molecule has 0 aliphatic rings. The third-order valence-corrected chi connectivity index (χ3v) is 2.48. The first-order valence-electron chi connectivity index (χ1n) is 4.70. The molecule has 0 aliphatic carbocycles. The zero-order chi connectivity index (χ0) is 12.1. The van der Waals surface area contributed by atoms with Crippen molar-refractivity contribution in [3.63, 3.8) is 0 Å². The van der Waals surface area contributed by atoms with E-state index in [1.807, 2.05) is 0 Å². The minimum atomic E-state index is -0.411. The molecule has 0 aromatic heterocycles. The normalized spacial score (nSPS) is 9.88. The molecule has 0 bridgehead atoms. The van der Waals surface area contributed by atoms with Crippen molar-refractivity contribution < 1.29 is 9.66 Å². The van der Waals surface area contributed by atoms with Gasteiger partial charge < -0.3 is 4.74 Å². The Kier molecular flexibility index (Phi) is 4.37. The zero-order valence-electron chi connectivity index (χ0n) is 8.97. The van der Waals surface area contributed by atoms with Crippen LogP contribution in [0.4, 0.5) is 5.69 Å². The third kappa shape index (κ3) is 3.27. The second kappa shape index (κ2) is 5.55. The zero-order valence-corrected chi connectivity index (χ0v) is 9.87. The summed E-state index contributed by atoms with van der Waals surface area (Å²) >= 11 is 4.06. The number of hydrogen-bond acceptors (Lipinski definition) is 4. The molecule has 0 unspecified atom stereocenters. The maximum Gasteiger partial charge on any atom is 0.272 e. The summed E-state index contributed by atoms with van der Waals surface area (Å²) in [5, 5.41) is 10.6. The Morgan fingerprint density at radius 2 is 2.31 bits per heavy atom. The summed E-state index contributed by atoms with van der Waals surface area (Å²) in [4.78, 5) is 10.2. The molecule has 0 atom stereocenters. The summed E-state index contributed by atoms with van der Waals surface area (Å²) in [7, 11) is 0. The van der Waals surface area contributed by atoms with Gasteiger partial charge >= 0.3 is 0 Å². The monoisotopic (exact) mass is 239 g/mol. The number of ether oxygens (including phenoxy) is 1. The van der Waals surface area contributed by atoms with Crippen molar-refractivity contribution >= 4 is 18.3 Å². The molecule has 1 aromatic rings. The quantitative estimate of drug-likeness (QED) is 0.372. The van der Waals surface area contributed by atoms with Crippen molar-refractivity contribution in [1.82, 2.24) is 0 Å². The molecule has 0 saturated carbocycles. The van der Waals surface area contributed by atoms with E-state index >= 15 is 0 Å². The number of nitrogens with zero attached hydrogens (tertiary/aromatic N) is 1. The molecule has 86 valence electrons. The van der Waals surface area contributed by atoms with Gasteiger partial charge in [0, 0.05) is 17.4 Å². The van der Waals surface area contributed by atoms with Crippen LogP contribution in [0.15, 0.2) is 30.4 Å². The lowest BCUT2D eigenvalue weighted by molar-refractivity contribution is -0.385. The molecule has 5 heteroatoms. The first-order chi connectivity index (χ1) is 7.54. The summed E-state index contributed by atoms with van der Waals surface area (Å²) in [5.41, 5.74) is 1.54. The minimum absolute atomic E-state index is 0.0976. The summed E-state index contributed by atoms with van der Waals surface area (Å²) in [5.74, 6) is 1.16. The van der Waals surface area contributed by atoms with Crippen LogP contribution in [0.3, 0.4) is 0 Å². The Morgan fingerprint density at radius 1 is 1.62 bits per heavy atom. The second-order valence-electron chi connectivity index (χ2n) is 3.40. The van der Waals surface area contributed by atoms with Crippen LogP contribution in [0, 0.1) is 17.0 Å². The van der Waals surface area contributed by atoms with Gasteiger partial charge in [-0.05, 0) is 24.6 Å². The van der Waals surface area contributed by atoms with E-state index in [0.717, 1.165) is 5.57 Å². The van der Waals surface area contributed by atoms with Gasteiger partial charge in [-0.15, -0.1) is 0 Å². The first-order valence-corrected chi connectivity index (χ1v) is 5.33. The van der Waals surface area contributed by atoms with Gasteiger partial charge in [0.25, 0.3) is 5.69 Å². The Hall–Kier alpha value is -1.49. The summed E-state index contributed by atoms with van der Waals surface area (Å²) in [6.45, 7) is 5.80. The predicted molar refractivity (Wildman–Crippen MR) is 66.3 cm³/mol. The molecule has 1 rings (SSSR count). The maximum atomic E-state index is 10.6. The molecule has 0 spiro atoms. The standard InChI is InChI=1S/C11H13NO3S/c1-8(7-16)6-15-10-3-4-11(12(13)14)9(2)5-10/h3-5,16H,1,6-7H2,2H3. The van der Waals surface area contributed by atoms with Gasteiger partial charge in [0.1, 0.15) is 12.4 Å². The molecule has 4 nitrogen and oxygen atoms in total. The lowest BCUT2D eigenvalue weighted by atomic mass is 10.2. The van der Waals surface area contributed by atoms with E-state index in [0.29, 0.717) is 23.7 Å². The molecule has 0 heterocycles.